The number of aromatic nitrogens is 4. The lowest BCUT2D eigenvalue weighted by atomic mass is 10.5. The second-order valence-corrected chi connectivity index (χ2v) is 2.86. The van der Waals surface area contributed by atoms with E-state index in [1.165, 1.54) is 0 Å². The highest BCUT2D eigenvalue weighted by atomic mass is 16.7. The number of fused-ring (bicyclic) bond motifs is 1. The van der Waals surface area contributed by atoms with Gasteiger partial charge in [0, 0.05) is 0 Å². The number of aromatic amines is 1. The van der Waals surface area contributed by atoms with Gasteiger partial charge >= 0.3 is 5.97 Å². The van der Waals surface area contributed by atoms with Crippen molar-refractivity contribution < 1.29 is 14.7 Å². The van der Waals surface area contributed by atoms with Gasteiger partial charge in [-0.25, -0.2) is 9.78 Å². The van der Waals surface area contributed by atoms with Gasteiger partial charge in [-0.2, -0.15) is 9.71 Å². The molecule has 2 rings (SSSR count). The van der Waals surface area contributed by atoms with E-state index in [0.717, 1.165) is 11.1 Å². The molecule has 9 nitrogen and oxygen atoms in total. The Bertz CT molecular complexity index is 600. The van der Waals surface area contributed by atoms with Gasteiger partial charge in [0.15, 0.2) is 5.52 Å². The van der Waals surface area contributed by atoms with E-state index in [1.807, 2.05) is 0 Å². The zero-order valence-electron chi connectivity index (χ0n) is 7.88. The highest BCUT2D eigenvalue weighted by Crippen LogP contribution is 2.03. The number of carbonyl (C=O) groups is 1. The average molecular weight is 225 g/mol. The van der Waals surface area contributed by atoms with Crippen LogP contribution in [0, 0.1) is 0 Å². The third-order valence-corrected chi connectivity index (χ3v) is 1.72. The van der Waals surface area contributed by atoms with Crippen molar-refractivity contribution in [3.63, 3.8) is 0 Å². The van der Waals surface area contributed by atoms with Crippen LogP contribution in [-0.4, -0.2) is 37.4 Å². The third kappa shape index (κ3) is 1.65. The number of nitrogen functional groups attached to an aromatic ring is 1. The predicted octanol–water partition coefficient (Wildman–Crippen LogP) is -1.79. The van der Waals surface area contributed by atoms with Crippen molar-refractivity contribution in [1.82, 2.24) is 19.7 Å². The second-order valence-electron chi connectivity index (χ2n) is 2.86. The normalized spacial score (nSPS) is 10.5. The number of hydrogen-bond donors (Lipinski definition) is 3. The van der Waals surface area contributed by atoms with Crippen molar-refractivity contribution in [3.8, 4) is 0 Å². The summed E-state index contributed by atoms with van der Waals surface area (Å²) in [6.45, 7) is -0.570. The van der Waals surface area contributed by atoms with Crippen LogP contribution in [0.1, 0.15) is 0 Å². The maximum atomic E-state index is 11.3. The van der Waals surface area contributed by atoms with Crippen molar-refractivity contribution >= 4 is 23.1 Å². The number of aliphatic carboxylic acids is 1. The number of nitrogens with two attached hydrogens (primary N) is 1. The van der Waals surface area contributed by atoms with Gasteiger partial charge in [-0.15, -0.1) is 0 Å². The topological polar surface area (TPSA) is 136 Å². The Kier molecular flexibility index (Phi) is 2.20. The number of rotatable bonds is 3. The van der Waals surface area contributed by atoms with Crippen LogP contribution in [0.4, 0.5) is 5.95 Å². The molecule has 0 saturated heterocycles. The molecule has 0 saturated carbocycles. The molecule has 0 bridgehead atoms. The Morgan fingerprint density at radius 3 is 3.12 bits per heavy atom. The molecule has 0 radical (unpaired) electrons. The van der Waals surface area contributed by atoms with Crippen molar-refractivity contribution in [2.45, 2.75) is 0 Å². The maximum absolute atomic E-state index is 11.3. The molecule has 0 amide bonds. The molecule has 2 aromatic heterocycles. The molecule has 0 fully saturated rings. The van der Waals surface area contributed by atoms with E-state index in [-0.39, 0.29) is 17.1 Å². The van der Waals surface area contributed by atoms with Gasteiger partial charge in [0.05, 0.1) is 0 Å². The maximum Gasteiger partial charge on any atom is 0.344 e. The second kappa shape index (κ2) is 3.53. The summed E-state index contributed by atoms with van der Waals surface area (Å²) in [7, 11) is 0. The number of anilines is 1. The number of hydrogen-bond acceptors (Lipinski definition) is 6. The smallest absolute Gasteiger partial charge is 0.344 e. The first-order valence-electron chi connectivity index (χ1n) is 4.16. The first-order chi connectivity index (χ1) is 7.58. The van der Waals surface area contributed by atoms with Crippen LogP contribution in [0.5, 0.6) is 0 Å². The minimum Gasteiger partial charge on any atom is -0.479 e. The van der Waals surface area contributed by atoms with Gasteiger partial charge in [-0.1, -0.05) is 0 Å². The number of carboxylic acid groups (broad SMARTS) is 1. The number of H-pyrrole nitrogens is 1. The SMILES string of the molecule is Nc1nc2c(ncn2OCC(=O)O)c(=O)[nH]1. The zero-order valence-corrected chi connectivity index (χ0v) is 7.88. The summed E-state index contributed by atoms with van der Waals surface area (Å²) in [5.41, 5.74) is 4.91. The quantitative estimate of drug-likeness (QED) is 0.561. The Morgan fingerprint density at radius 2 is 2.44 bits per heavy atom. The minimum atomic E-state index is -1.15. The number of carboxylic acids is 1. The Hall–Kier alpha value is -2.58. The molecule has 0 aliphatic heterocycles. The van der Waals surface area contributed by atoms with Gasteiger partial charge in [-0.05, 0) is 0 Å². The number of nitrogens with one attached hydrogen (secondary N) is 1. The van der Waals surface area contributed by atoms with E-state index in [9.17, 15) is 9.59 Å². The summed E-state index contributed by atoms with van der Waals surface area (Å²) in [5.74, 6) is -1.25. The fourth-order valence-electron chi connectivity index (χ4n) is 1.13. The Balaban J connectivity index is 2.47. The summed E-state index contributed by atoms with van der Waals surface area (Å²) < 4.78 is 0.981. The van der Waals surface area contributed by atoms with Crippen molar-refractivity contribution in [3.05, 3.63) is 16.7 Å². The molecule has 0 atom stereocenters. The van der Waals surface area contributed by atoms with Crippen molar-refractivity contribution in [2.24, 2.45) is 0 Å². The largest absolute Gasteiger partial charge is 0.479 e. The molecule has 0 spiro atoms. The van der Waals surface area contributed by atoms with Gasteiger partial charge in [0.1, 0.15) is 6.33 Å². The molecule has 0 aliphatic carbocycles. The first-order valence-corrected chi connectivity index (χ1v) is 4.16. The molecule has 0 unspecified atom stereocenters. The van der Waals surface area contributed by atoms with Crippen molar-refractivity contribution in [2.75, 3.05) is 12.3 Å². The van der Waals surface area contributed by atoms with Crippen LogP contribution < -0.4 is 16.1 Å². The molecule has 16 heavy (non-hydrogen) atoms. The molecule has 4 N–H and O–H groups in total. The highest BCUT2D eigenvalue weighted by molar-refractivity contribution is 5.70. The average Bonchev–Trinajstić information content (AvgIpc) is 2.58. The van der Waals surface area contributed by atoms with E-state index in [1.54, 1.807) is 0 Å². The molecule has 84 valence electrons. The summed E-state index contributed by atoms with van der Waals surface area (Å²) in [6.07, 6.45) is 1.15. The molecule has 2 heterocycles. The lowest BCUT2D eigenvalue weighted by molar-refractivity contribution is -0.142. The van der Waals surface area contributed by atoms with Gasteiger partial charge in [0.25, 0.3) is 5.56 Å². The molecule has 0 aliphatic rings. The Labute approximate surface area is 87.4 Å². The van der Waals surface area contributed by atoms with Crippen LogP contribution >= 0.6 is 0 Å². The number of nitrogens with zero attached hydrogens (tertiary/aromatic N) is 3. The summed E-state index contributed by atoms with van der Waals surface area (Å²) in [4.78, 5) is 36.2. The fraction of sp³-hybridized carbons (Fsp3) is 0.143. The minimum absolute atomic E-state index is 0.0274. The van der Waals surface area contributed by atoms with Crippen molar-refractivity contribution in [1.29, 1.82) is 0 Å². The Morgan fingerprint density at radius 1 is 1.69 bits per heavy atom. The standard InChI is InChI=1S/C7H7N5O4/c8-7-10-5-4(6(15)11-7)9-2-12(5)16-1-3(13)14/h2H,1H2,(H,13,14)(H3,8,10,11,15). The highest BCUT2D eigenvalue weighted by Gasteiger charge is 2.10. The molecule has 9 heteroatoms. The van der Waals surface area contributed by atoms with E-state index in [4.69, 9.17) is 15.7 Å². The van der Waals surface area contributed by atoms with Crippen LogP contribution in [-0.2, 0) is 4.79 Å². The lowest BCUT2D eigenvalue weighted by Crippen LogP contribution is -2.20. The van der Waals surface area contributed by atoms with Gasteiger partial charge < -0.3 is 15.7 Å². The van der Waals surface area contributed by atoms with Crippen LogP contribution in [0.3, 0.4) is 0 Å². The zero-order chi connectivity index (χ0) is 11.7. The van der Waals surface area contributed by atoms with E-state index in [0.29, 0.717) is 0 Å². The monoisotopic (exact) mass is 225 g/mol. The third-order valence-electron chi connectivity index (χ3n) is 1.72. The lowest BCUT2D eigenvalue weighted by Gasteiger charge is -2.02. The number of imidazole rings is 1. The summed E-state index contributed by atoms with van der Waals surface area (Å²) in [5, 5.41) is 8.42. The first kappa shape index (κ1) is 9.96. The molecular weight excluding hydrogens is 218 g/mol. The molecule has 0 aromatic carbocycles. The summed E-state index contributed by atoms with van der Waals surface area (Å²) in [6, 6.07) is 0. The van der Waals surface area contributed by atoms with E-state index < -0.39 is 18.1 Å². The van der Waals surface area contributed by atoms with Crippen LogP contribution in [0.25, 0.3) is 11.2 Å². The van der Waals surface area contributed by atoms with Gasteiger partial charge in [0.2, 0.25) is 18.2 Å². The molecule has 2 aromatic rings. The molecular formula is C7H7N5O4. The van der Waals surface area contributed by atoms with Gasteiger partial charge in [-0.3, -0.25) is 9.78 Å². The van der Waals surface area contributed by atoms with E-state index in [2.05, 4.69) is 15.0 Å². The predicted molar refractivity (Wildman–Crippen MR) is 51.6 cm³/mol. The van der Waals surface area contributed by atoms with Crippen LogP contribution in [0.2, 0.25) is 0 Å². The fourth-order valence-corrected chi connectivity index (χ4v) is 1.13. The van der Waals surface area contributed by atoms with Crippen LogP contribution in [0.15, 0.2) is 11.1 Å². The summed E-state index contributed by atoms with van der Waals surface area (Å²) >= 11 is 0. The van der Waals surface area contributed by atoms with E-state index >= 15 is 0 Å².